The number of carbonyl (C=O) groups is 1. The number of carboxylic acid groups (broad SMARTS) is 1. The zero-order valence-corrected chi connectivity index (χ0v) is 12.0. The van der Waals surface area contributed by atoms with Gasteiger partial charge in [-0.2, -0.15) is 0 Å². The Morgan fingerprint density at radius 3 is 2.58 bits per heavy atom. The third kappa shape index (κ3) is 3.35. The van der Waals surface area contributed by atoms with Gasteiger partial charge in [-0.25, -0.2) is 0 Å². The van der Waals surface area contributed by atoms with E-state index in [0.29, 0.717) is 6.54 Å². The molecule has 0 saturated carbocycles. The molecule has 1 aliphatic rings. The maximum atomic E-state index is 11.2. The van der Waals surface area contributed by atoms with Crippen LogP contribution in [0.5, 0.6) is 0 Å². The number of rotatable bonds is 3. The van der Waals surface area contributed by atoms with Gasteiger partial charge in [-0.3, -0.25) is 9.69 Å². The lowest BCUT2D eigenvalue weighted by Crippen LogP contribution is -2.51. The summed E-state index contributed by atoms with van der Waals surface area (Å²) in [5.41, 5.74) is 2.59. The Morgan fingerprint density at radius 2 is 2.00 bits per heavy atom. The van der Waals surface area contributed by atoms with E-state index >= 15 is 0 Å². The van der Waals surface area contributed by atoms with Gasteiger partial charge in [-0.1, -0.05) is 29.8 Å². The van der Waals surface area contributed by atoms with Gasteiger partial charge in [-0.15, -0.1) is 0 Å². The highest BCUT2D eigenvalue weighted by atomic mass is 16.4. The van der Waals surface area contributed by atoms with Crippen LogP contribution in [0.4, 0.5) is 0 Å². The summed E-state index contributed by atoms with van der Waals surface area (Å²) in [5.74, 6) is -0.886. The lowest BCUT2D eigenvalue weighted by molar-refractivity contribution is -0.145. The summed E-state index contributed by atoms with van der Waals surface area (Å²) in [7, 11) is 0. The van der Waals surface area contributed by atoms with E-state index in [2.05, 4.69) is 49.9 Å². The normalized spacial score (nSPS) is 23.2. The van der Waals surface area contributed by atoms with Gasteiger partial charge in [0.05, 0.1) is 5.92 Å². The average molecular weight is 261 g/mol. The molecular formula is C16H23NO2. The summed E-state index contributed by atoms with van der Waals surface area (Å²) in [4.78, 5) is 13.5. The molecule has 1 aliphatic heterocycles. The smallest absolute Gasteiger partial charge is 0.307 e. The number of nitrogens with zero attached hydrogens (tertiary/aromatic N) is 1. The summed E-state index contributed by atoms with van der Waals surface area (Å²) >= 11 is 0. The van der Waals surface area contributed by atoms with E-state index in [-0.39, 0.29) is 11.5 Å². The maximum absolute atomic E-state index is 11.2. The Bertz CT molecular complexity index is 450. The van der Waals surface area contributed by atoms with Crippen LogP contribution in [-0.4, -0.2) is 28.1 Å². The molecule has 1 saturated heterocycles. The largest absolute Gasteiger partial charge is 0.481 e. The van der Waals surface area contributed by atoms with Crippen LogP contribution in [0.15, 0.2) is 24.3 Å². The molecule has 1 aromatic rings. The molecule has 0 radical (unpaired) electrons. The van der Waals surface area contributed by atoms with Gasteiger partial charge in [0.25, 0.3) is 0 Å². The van der Waals surface area contributed by atoms with Crippen LogP contribution in [0.2, 0.25) is 0 Å². The van der Waals surface area contributed by atoms with Crippen LogP contribution in [-0.2, 0) is 11.3 Å². The first kappa shape index (κ1) is 14.1. The minimum atomic E-state index is -0.663. The van der Waals surface area contributed by atoms with E-state index < -0.39 is 5.97 Å². The lowest BCUT2D eigenvalue weighted by atomic mass is 9.84. The predicted molar refractivity (Wildman–Crippen MR) is 76.0 cm³/mol. The van der Waals surface area contributed by atoms with Gasteiger partial charge in [0.1, 0.15) is 0 Å². The molecule has 3 nitrogen and oxygen atoms in total. The number of aliphatic carboxylic acids is 1. The number of likely N-dealkylation sites (tertiary alicyclic amines) is 1. The van der Waals surface area contributed by atoms with Crippen LogP contribution in [0, 0.1) is 12.8 Å². The molecule has 1 heterocycles. The highest BCUT2D eigenvalue weighted by molar-refractivity contribution is 5.70. The minimum absolute atomic E-state index is 0.0802. The second-order valence-corrected chi connectivity index (χ2v) is 6.25. The molecule has 1 fully saturated rings. The molecule has 0 aromatic heterocycles. The van der Waals surface area contributed by atoms with Gasteiger partial charge in [0.2, 0.25) is 0 Å². The molecule has 0 spiro atoms. The molecule has 1 atom stereocenters. The fourth-order valence-corrected chi connectivity index (χ4v) is 2.68. The predicted octanol–water partition coefficient (Wildman–Crippen LogP) is 3.07. The Kier molecular flexibility index (Phi) is 3.95. The monoisotopic (exact) mass is 261 g/mol. The van der Waals surface area contributed by atoms with Crippen molar-refractivity contribution in [3.05, 3.63) is 35.4 Å². The zero-order chi connectivity index (χ0) is 14.0. The van der Waals surface area contributed by atoms with Crippen molar-refractivity contribution < 1.29 is 9.90 Å². The molecule has 1 unspecified atom stereocenters. The van der Waals surface area contributed by atoms with Crippen LogP contribution in [0.1, 0.15) is 37.8 Å². The standard InChI is InChI=1S/C16H23NO2/c1-12-4-6-13(7-5-12)10-17-11-14(15(18)19)8-9-16(17,2)3/h4-7,14H,8-11H2,1-3H3,(H,18,19). The van der Waals surface area contributed by atoms with Crippen molar-refractivity contribution in [3.8, 4) is 0 Å². The molecule has 0 amide bonds. The van der Waals surface area contributed by atoms with E-state index in [4.69, 9.17) is 0 Å². The van der Waals surface area contributed by atoms with Crippen LogP contribution < -0.4 is 0 Å². The van der Waals surface area contributed by atoms with E-state index in [1.165, 1.54) is 11.1 Å². The fourth-order valence-electron chi connectivity index (χ4n) is 2.68. The van der Waals surface area contributed by atoms with E-state index in [9.17, 15) is 9.90 Å². The maximum Gasteiger partial charge on any atom is 0.307 e. The number of aryl methyl sites for hydroxylation is 1. The molecule has 104 valence electrons. The summed E-state index contributed by atoms with van der Waals surface area (Å²) in [6.45, 7) is 7.97. The van der Waals surface area contributed by atoms with Gasteiger partial charge in [-0.05, 0) is 39.2 Å². The molecule has 1 aromatic carbocycles. The third-order valence-corrected chi connectivity index (χ3v) is 4.24. The Balaban J connectivity index is 2.11. The van der Waals surface area contributed by atoms with Crippen molar-refractivity contribution in [2.24, 2.45) is 5.92 Å². The van der Waals surface area contributed by atoms with Gasteiger partial charge < -0.3 is 5.11 Å². The molecule has 0 aliphatic carbocycles. The summed E-state index contributed by atoms with van der Waals surface area (Å²) in [6, 6.07) is 8.49. The number of hydrogen-bond acceptors (Lipinski definition) is 2. The van der Waals surface area contributed by atoms with Gasteiger partial charge >= 0.3 is 5.97 Å². The van der Waals surface area contributed by atoms with Crippen LogP contribution in [0.3, 0.4) is 0 Å². The Hall–Kier alpha value is -1.35. The van der Waals surface area contributed by atoms with Crippen molar-refractivity contribution in [3.63, 3.8) is 0 Å². The van der Waals surface area contributed by atoms with E-state index in [1.807, 2.05) is 0 Å². The van der Waals surface area contributed by atoms with Gasteiger partial charge in [0, 0.05) is 18.6 Å². The highest BCUT2D eigenvalue weighted by Gasteiger charge is 2.36. The van der Waals surface area contributed by atoms with Crippen molar-refractivity contribution in [1.82, 2.24) is 4.90 Å². The number of benzene rings is 1. The topological polar surface area (TPSA) is 40.5 Å². The summed E-state index contributed by atoms with van der Waals surface area (Å²) in [6.07, 6.45) is 1.72. The molecule has 19 heavy (non-hydrogen) atoms. The summed E-state index contributed by atoms with van der Waals surface area (Å²) in [5, 5.41) is 9.20. The first-order valence-corrected chi connectivity index (χ1v) is 6.92. The highest BCUT2D eigenvalue weighted by Crippen LogP contribution is 2.32. The molecular weight excluding hydrogens is 238 g/mol. The molecule has 3 heteroatoms. The van der Waals surface area contributed by atoms with E-state index in [0.717, 1.165) is 19.4 Å². The molecule has 0 bridgehead atoms. The second kappa shape index (κ2) is 5.33. The number of hydrogen-bond donors (Lipinski definition) is 1. The Labute approximate surface area is 115 Å². The minimum Gasteiger partial charge on any atom is -0.481 e. The first-order chi connectivity index (χ1) is 8.88. The number of piperidine rings is 1. The average Bonchev–Trinajstić information content (AvgIpc) is 2.34. The van der Waals surface area contributed by atoms with Crippen molar-refractivity contribution >= 4 is 5.97 Å². The van der Waals surface area contributed by atoms with E-state index in [1.54, 1.807) is 0 Å². The third-order valence-electron chi connectivity index (χ3n) is 4.24. The first-order valence-electron chi connectivity index (χ1n) is 6.92. The SMILES string of the molecule is Cc1ccc(CN2CC(C(=O)O)CCC2(C)C)cc1. The second-order valence-electron chi connectivity index (χ2n) is 6.25. The van der Waals surface area contributed by atoms with Gasteiger partial charge in [0.15, 0.2) is 0 Å². The summed E-state index contributed by atoms with van der Waals surface area (Å²) < 4.78 is 0. The van der Waals surface area contributed by atoms with Crippen molar-refractivity contribution in [1.29, 1.82) is 0 Å². The van der Waals surface area contributed by atoms with Crippen LogP contribution in [0.25, 0.3) is 0 Å². The molecule has 2 rings (SSSR count). The zero-order valence-electron chi connectivity index (χ0n) is 12.0. The van der Waals surface area contributed by atoms with Crippen molar-refractivity contribution in [2.45, 2.75) is 45.7 Å². The lowest BCUT2D eigenvalue weighted by Gasteiger charge is -2.44. The van der Waals surface area contributed by atoms with Crippen molar-refractivity contribution in [2.75, 3.05) is 6.54 Å². The quantitative estimate of drug-likeness (QED) is 0.909. The Morgan fingerprint density at radius 1 is 1.37 bits per heavy atom. The number of carboxylic acids is 1. The van der Waals surface area contributed by atoms with Crippen LogP contribution >= 0.6 is 0 Å². The fraction of sp³-hybridized carbons (Fsp3) is 0.562. The molecule has 1 N–H and O–H groups in total.